The van der Waals surface area contributed by atoms with Gasteiger partial charge in [0.2, 0.25) is 0 Å². The van der Waals surface area contributed by atoms with Crippen LogP contribution in [0.15, 0.2) is 17.0 Å². The third-order valence-electron chi connectivity index (χ3n) is 2.94. The van der Waals surface area contributed by atoms with Crippen LogP contribution < -0.4 is 0 Å². The molecule has 0 amide bonds. The van der Waals surface area contributed by atoms with Crippen LogP contribution in [0.5, 0.6) is 0 Å². The molecule has 1 rings (SSSR count). The highest BCUT2D eigenvalue weighted by Crippen LogP contribution is 2.34. The van der Waals surface area contributed by atoms with Crippen LogP contribution in [0.1, 0.15) is 36.7 Å². The number of carboxylic acids is 1. The Bertz CT molecular complexity index is 555. The van der Waals surface area contributed by atoms with Crippen LogP contribution in [-0.4, -0.2) is 29.4 Å². The summed E-state index contributed by atoms with van der Waals surface area (Å²) in [6.45, 7) is 7.17. The van der Waals surface area contributed by atoms with Crippen LogP contribution in [0.3, 0.4) is 0 Å². The number of benzene rings is 1. The molecule has 0 bridgehead atoms. The first-order chi connectivity index (χ1) is 9.69. The molecule has 4 nitrogen and oxygen atoms in total. The number of rotatable bonds is 6. The van der Waals surface area contributed by atoms with E-state index in [1.54, 1.807) is 39.8 Å². The van der Waals surface area contributed by atoms with Crippen molar-refractivity contribution in [3.8, 4) is 0 Å². The standard InChI is InChI=1S/C15H19ClO4S/c1-5-20-13(17)10-7-11(16)12(6-9(10)2)21-8-15(3,4)14(18)19/h6-7H,5,8H2,1-4H3,(H,18,19). The summed E-state index contributed by atoms with van der Waals surface area (Å²) >= 11 is 7.54. The van der Waals surface area contributed by atoms with Crippen molar-refractivity contribution in [1.29, 1.82) is 0 Å². The van der Waals surface area contributed by atoms with Crippen molar-refractivity contribution in [1.82, 2.24) is 0 Å². The highest BCUT2D eigenvalue weighted by molar-refractivity contribution is 7.99. The fraction of sp³-hybridized carbons (Fsp3) is 0.467. The number of carbonyl (C=O) groups is 2. The van der Waals surface area contributed by atoms with E-state index in [0.717, 1.165) is 10.5 Å². The predicted octanol–water partition coefficient (Wildman–Crippen LogP) is 4.03. The number of esters is 1. The topological polar surface area (TPSA) is 63.6 Å². The number of carboxylic acid groups (broad SMARTS) is 1. The predicted molar refractivity (Wildman–Crippen MR) is 84.3 cm³/mol. The Balaban J connectivity index is 2.94. The molecule has 0 radical (unpaired) electrons. The van der Waals surface area contributed by atoms with Gasteiger partial charge >= 0.3 is 11.9 Å². The summed E-state index contributed by atoms with van der Waals surface area (Å²) in [5.74, 6) is -0.870. The van der Waals surface area contributed by atoms with E-state index >= 15 is 0 Å². The zero-order valence-corrected chi connectivity index (χ0v) is 14.1. The average Bonchev–Trinajstić information content (AvgIpc) is 2.39. The Kier molecular flexibility index (Phi) is 6.10. The van der Waals surface area contributed by atoms with Crippen molar-refractivity contribution >= 4 is 35.3 Å². The van der Waals surface area contributed by atoms with Crippen LogP contribution in [-0.2, 0) is 9.53 Å². The molecule has 0 heterocycles. The molecule has 0 unspecified atom stereocenters. The van der Waals surface area contributed by atoms with Crippen LogP contribution in [0, 0.1) is 12.3 Å². The molecule has 0 saturated heterocycles. The Morgan fingerprint density at radius 1 is 1.38 bits per heavy atom. The van der Waals surface area contributed by atoms with Gasteiger partial charge in [-0.25, -0.2) is 4.79 Å². The van der Waals surface area contributed by atoms with Gasteiger partial charge in [0.05, 0.1) is 22.6 Å². The molecular weight excluding hydrogens is 312 g/mol. The number of aliphatic carboxylic acids is 1. The van der Waals surface area contributed by atoms with Crippen molar-refractivity contribution in [3.63, 3.8) is 0 Å². The Morgan fingerprint density at radius 2 is 2.00 bits per heavy atom. The summed E-state index contributed by atoms with van der Waals surface area (Å²) < 4.78 is 4.97. The summed E-state index contributed by atoms with van der Waals surface area (Å²) in [7, 11) is 0. The Hall–Kier alpha value is -1.20. The van der Waals surface area contributed by atoms with Gasteiger partial charge in [-0.15, -0.1) is 11.8 Å². The first-order valence-electron chi connectivity index (χ1n) is 6.52. The smallest absolute Gasteiger partial charge is 0.338 e. The van der Waals surface area contributed by atoms with Crippen molar-refractivity contribution in [3.05, 3.63) is 28.3 Å². The van der Waals surface area contributed by atoms with Gasteiger partial charge in [0.25, 0.3) is 0 Å². The molecule has 0 aliphatic heterocycles. The van der Waals surface area contributed by atoms with Crippen LogP contribution in [0.25, 0.3) is 0 Å². The summed E-state index contributed by atoms with van der Waals surface area (Å²) in [6.07, 6.45) is 0. The minimum atomic E-state index is -0.856. The summed E-state index contributed by atoms with van der Waals surface area (Å²) in [4.78, 5) is 23.6. The summed E-state index contributed by atoms with van der Waals surface area (Å²) in [5.41, 5.74) is 0.346. The van der Waals surface area contributed by atoms with Gasteiger partial charge in [0.1, 0.15) is 0 Å². The van der Waals surface area contributed by atoms with Gasteiger partial charge < -0.3 is 9.84 Å². The monoisotopic (exact) mass is 330 g/mol. The molecule has 0 saturated carbocycles. The van der Waals surface area contributed by atoms with Gasteiger partial charge in [-0.3, -0.25) is 4.79 Å². The van der Waals surface area contributed by atoms with E-state index in [1.165, 1.54) is 11.8 Å². The molecule has 0 atom stereocenters. The third-order valence-corrected chi connectivity index (χ3v) is 4.88. The molecule has 6 heteroatoms. The maximum absolute atomic E-state index is 11.8. The molecule has 1 aromatic carbocycles. The number of hydrogen-bond acceptors (Lipinski definition) is 4. The van der Waals surface area contributed by atoms with Gasteiger partial charge in [0.15, 0.2) is 0 Å². The van der Waals surface area contributed by atoms with Crippen molar-refractivity contribution < 1.29 is 19.4 Å². The first-order valence-corrected chi connectivity index (χ1v) is 7.89. The van der Waals surface area contributed by atoms with Crippen LogP contribution in [0.2, 0.25) is 5.02 Å². The molecule has 1 aromatic rings. The van der Waals surface area contributed by atoms with Crippen molar-refractivity contribution in [2.45, 2.75) is 32.6 Å². The fourth-order valence-corrected chi connectivity index (χ4v) is 2.94. The van der Waals surface area contributed by atoms with Gasteiger partial charge in [0, 0.05) is 10.6 Å². The van der Waals surface area contributed by atoms with E-state index in [9.17, 15) is 9.59 Å². The molecule has 1 N–H and O–H groups in total. The van der Waals surface area contributed by atoms with E-state index in [2.05, 4.69) is 0 Å². The van der Waals surface area contributed by atoms with Crippen LogP contribution >= 0.6 is 23.4 Å². The SMILES string of the molecule is CCOC(=O)c1cc(Cl)c(SCC(C)(C)C(=O)O)cc1C. The summed E-state index contributed by atoms with van der Waals surface area (Å²) in [6, 6.07) is 3.36. The Labute approximate surface area is 133 Å². The average molecular weight is 331 g/mol. The van der Waals surface area contributed by atoms with Crippen LogP contribution in [0.4, 0.5) is 0 Å². The fourth-order valence-electron chi connectivity index (χ4n) is 1.51. The molecule has 0 fully saturated rings. The van der Waals surface area contributed by atoms with E-state index in [4.69, 9.17) is 21.4 Å². The molecule has 0 aliphatic rings. The Morgan fingerprint density at radius 3 is 2.52 bits per heavy atom. The highest BCUT2D eigenvalue weighted by Gasteiger charge is 2.27. The number of hydrogen-bond donors (Lipinski definition) is 1. The second-order valence-corrected chi connectivity index (χ2v) is 6.72. The minimum Gasteiger partial charge on any atom is -0.481 e. The number of aryl methyl sites for hydroxylation is 1. The lowest BCUT2D eigenvalue weighted by molar-refractivity contribution is -0.145. The number of ether oxygens (including phenoxy) is 1. The minimum absolute atomic E-state index is 0.305. The zero-order chi connectivity index (χ0) is 16.2. The molecule has 0 spiro atoms. The second-order valence-electron chi connectivity index (χ2n) is 5.30. The molecule has 116 valence electrons. The van der Waals surface area contributed by atoms with E-state index in [0.29, 0.717) is 22.9 Å². The van der Waals surface area contributed by atoms with Crippen molar-refractivity contribution in [2.24, 2.45) is 5.41 Å². The van der Waals surface area contributed by atoms with Gasteiger partial charge in [-0.1, -0.05) is 11.6 Å². The van der Waals surface area contributed by atoms with E-state index in [1.807, 2.05) is 0 Å². The number of halogens is 1. The van der Waals surface area contributed by atoms with Gasteiger partial charge in [-0.2, -0.15) is 0 Å². The van der Waals surface area contributed by atoms with Crippen molar-refractivity contribution in [2.75, 3.05) is 12.4 Å². The highest BCUT2D eigenvalue weighted by atomic mass is 35.5. The molecule has 0 aromatic heterocycles. The maximum atomic E-state index is 11.8. The van der Waals surface area contributed by atoms with E-state index in [-0.39, 0.29) is 0 Å². The molecule has 0 aliphatic carbocycles. The lowest BCUT2D eigenvalue weighted by Gasteiger charge is -2.19. The first kappa shape index (κ1) is 17.9. The number of carbonyl (C=O) groups excluding carboxylic acids is 1. The largest absolute Gasteiger partial charge is 0.481 e. The third kappa shape index (κ3) is 4.64. The summed E-state index contributed by atoms with van der Waals surface area (Å²) in [5, 5.41) is 9.54. The second kappa shape index (κ2) is 7.18. The quantitative estimate of drug-likeness (QED) is 0.630. The lowest BCUT2D eigenvalue weighted by atomic mass is 9.97. The van der Waals surface area contributed by atoms with Gasteiger partial charge in [-0.05, 0) is 45.4 Å². The number of thioether (sulfide) groups is 1. The normalized spacial score (nSPS) is 11.3. The van der Waals surface area contributed by atoms with E-state index < -0.39 is 17.4 Å². The zero-order valence-electron chi connectivity index (χ0n) is 12.5. The molecule has 21 heavy (non-hydrogen) atoms. The maximum Gasteiger partial charge on any atom is 0.338 e. The molecular formula is C15H19ClO4S. The lowest BCUT2D eigenvalue weighted by Crippen LogP contribution is -2.26.